The molecule has 2 aromatic carbocycles. The van der Waals surface area contributed by atoms with Gasteiger partial charge in [-0.2, -0.15) is 0 Å². The summed E-state index contributed by atoms with van der Waals surface area (Å²) in [5, 5.41) is 2.40. The van der Waals surface area contributed by atoms with Gasteiger partial charge in [-0.1, -0.05) is 12.1 Å². The third kappa shape index (κ3) is 4.59. The number of hydrogen-bond acceptors (Lipinski definition) is 2. The minimum atomic E-state index is -0.996. The van der Waals surface area contributed by atoms with Gasteiger partial charge in [0.25, 0.3) is 5.91 Å². The van der Waals surface area contributed by atoms with Gasteiger partial charge in [-0.05, 0) is 42.8 Å². The normalized spacial score (nSPS) is 11.7. The molecule has 0 saturated carbocycles. The maximum Gasteiger partial charge on any atom is 0.251 e. The number of amides is 2. The van der Waals surface area contributed by atoms with Gasteiger partial charge >= 0.3 is 0 Å². The number of nitrogens with zero attached hydrogens (tertiary/aromatic N) is 1. The molecule has 0 bridgehead atoms. The molecule has 0 aliphatic carbocycles. The zero-order valence-electron chi connectivity index (χ0n) is 13.7. The van der Waals surface area contributed by atoms with Crippen LogP contribution in [0.5, 0.6) is 0 Å². The Morgan fingerprint density at radius 3 is 2.44 bits per heavy atom. The van der Waals surface area contributed by atoms with Gasteiger partial charge in [-0.3, -0.25) is 9.59 Å². The predicted octanol–water partition coefficient (Wildman–Crippen LogP) is 3.05. The van der Waals surface area contributed by atoms with Crippen LogP contribution in [-0.4, -0.2) is 30.3 Å². The molecule has 0 heterocycles. The summed E-state index contributed by atoms with van der Waals surface area (Å²) >= 11 is 0. The van der Waals surface area contributed by atoms with E-state index in [0.717, 1.165) is 18.2 Å². The monoisotopic (exact) mass is 350 g/mol. The van der Waals surface area contributed by atoms with Crippen LogP contribution in [0.4, 0.5) is 13.2 Å². The molecule has 1 N–H and O–H groups in total. The summed E-state index contributed by atoms with van der Waals surface area (Å²) in [5.41, 5.74) is 0.523. The van der Waals surface area contributed by atoms with Crippen molar-refractivity contribution in [1.82, 2.24) is 10.2 Å². The molecule has 0 aromatic heterocycles. The second-order valence-corrected chi connectivity index (χ2v) is 5.55. The highest BCUT2D eigenvalue weighted by molar-refractivity contribution is 5.96. The van der Waals surface area contributed by atoms with Crippen LogP contribution in [0.3, 0.4) is 0 Å². The Balaban J connectivity index is 1.97. The topological polar surface area (TPSA) is 49.4 Å². The maximum atomic E-state index is 13.3. The van der Waals surface area contributed by atoms with Crippen LogP contribution in [0, 0.1) is 17.5 Å². The van der Waals surface area contributed by atoms with Crippen LogP contribution < -0.4 is 5.32 Å². The molecule has 132 valence electrons. The van der Waals surface area contributed by atoms with E-state index in [1.165, 1.54) is 36.2 Å². The van der Waals surface area contributed by atoms with Crippen molar-refractivity contribution in [2.45, 2.75) is 13.0 Å². The van der Waals surface area contributed by atoms with E-state index in [4.69, 9.17) is 0 Å². The Hall–Kier alpha value is -2.83. The molecule has 0 aliphatic heterocycles. The van der Waals surface area contributed by atoms with E-state index in [2.05, 4.69) is 5.32 Å². The van der Waals surface area contributed by atoms with Gasteiger partial charge in [0.1, 0.15) is 5.82 Å². The van der Waals surface area contributed by atoms with Crippen molar-refractivity contribution in [3.8, 4) is 0 Å². The molecule has 4 nitrogen and oxygen atoms in total. The summed E-state index contributed by atoms with van der Waals surface area (Å²) in [6, 6.07) is 7.97. The Bertz CT molecular complexity index is 796. The first-order valence-corrected chi connectivity index (χ1v) is 7.54. The number of rotatable bonds is 5. The lowest BCUT2D eigenvalue weighted by atomic mass is 10.1. The zero-order valence-corrected chi connectivity index (χ0v) is 13.7. The van der Waals surface area contributed by atoms with E-state index < -0.39 is 35.3 Å². The standard InChI is InChI=1S/C18H17F3N2O2/c1-11(12-6-7-15(20)16(21)9-12)23(2)17(24)10-22-18(25)13-4-3-5-14(19)8-13/h3-9,11H,10H2,1-2H3,(H,22,25). The largest absolute Gasteiger partial charge is 0.343 e. The SMILES string of the molecule is CC(c1ccc(F)c(F)c1)N(C)C(=O)CNC(=O)c1cccc(F)c1. The third-order valence-electron chi connectivity index (χ3n) is 3.89. The first-order valence-electron chi connectivity index (χ1n) is 7.54. The van der Waals surface area contributed by atoms with Crippen LogP contribution in [0.1, 0.15) is 28.9 Å². The van der Waals surface area contributed by atoms with E-state index in [1.807, 2.05) is 0 Å². The Kier molecular flexibility index (Phi) is 5.80. The van der Waals surface area contributed by atoms with Gasteiger partial charge in [0, 0.05) is 12.6 Å². The fourth-order valence-corrected chi connectivity index (χ4v) is 2.22. The average molecular weight is 350 g/mol. The summed E-state index contributed by atoms with van der Waals surface area (Å²) in [7, 11) is 1.49. The van der Waals surface area contributed by atoms with Crippen LogP contribution in [0.15, 0.2) is 42.5 Å². The highest BCUT2D eigenvalue weighted by Gasteiger charge is 2.19. The average Bonchev–Trinajstić information content (AvgIpc) is 2.60. The second kappa shape index (κ2) is 7.83. The number of carbonyl (C=O) groups is 2. The molecular formula is C18H17F3N2O2. The van der Waals surface area contributed by atoms with Gasteiger partial charge in [-0.25, -0.2) is 13.2 Å². The molecule has 0 radical (unpaired) electrons. The molecule has 7 heteroatoms. The first kappa shape index (κ1) is 18.5. The quantitative estimate of drug-likeness (QED) is 0.901. The molecule has 1 unspecified atom stereocenters. The minimum Gasteiger partial charge on any atom is -0.343 e. The number of benzene rings is 2. The predicted molar refractivity (Wildman–Crippen MR) is 86.3 cm³/mol. The molecule has 25 heavy (non-hydrogen) atoms. The van der Waals surface area contributed by atoms with E-state index in [-0.39, 0.29) is 12.1 Å². The minimum absolute atomic E-state index is 0.101. The number of hydrogen-bond donors (Lipinski definition) is 1. The fraction of sp³-hybridized carbons (Fsp3) is 0.222. The van der Waals surface area contributed by atoms with Crippen LogP contribution in [-0.2, 0) is 4.79 Å². The summed E-state index contributed by atoms with van der Waals surface area (Å²) in [6.07, 6.45) is 0. The summed E-state index contributed by atoms with van der Waals surface area (Å²) in [5.74, 6) is -3.52. The molecule has 0 spiro atoms. The second-order valence-electron chi connectivity index (χ2n) is 5.55. The van der Waals surface area contributed by atoms with E-state index in [1.54, 1.807) is 6.92 Å². The molecular weight excluding hydrogens is 333 g/mol. The van der Waals surface area contributed by atoms with E-state index in [9.17, 15) is 22.8 Å². The number of nitrogens with one attached hydrogen (secondary N) is 1. The van der Waals surface area contributed by atoms with Crippen molar-refractivity contribution in [3.63, 3.8) is 0 Å². The molecule has 0 fully saturated rings. The smallest absolute Gasteiger partial charge is 0.251 e. The fourth-order valence-electron chi connectivity index (χ4n) is 2.22. The lowest BCUT2D eigenvalue weighted by Crippen LogP contribution is -2.39. The van der Waals surface area contributed by atoms with Gasteiger partial charge in [0.15, 0.2) is 11.6 Å². The van der Waals surface area contributed by atoms with E-state index in [0.29, 0.717) is 5.56 Å². The molecule has 2 rings (SSSR count). The molecule has 0 aliphatic rings. The number of carbonyl (C=O) groups excluding carboxylic acids is 2. The third-order valence-corrected chi connectivity index (χ3v) is 3.89. The van der Waals surface area contributed by atoms with Crippen LogP contribution in [0.25, 0.3) is 0 Å². The van der Waals surface area contributed by atoms with Crippen molar-refractivity contribution in [2.75, 3.05) is 13.6 Å². The number of likely N-dealkylation sites (N-methyl/N-ethyl adjacent to an activating group) is 1. The Morgan fingerprint density at radius 1 is 1.08 bits per heavy atom. The lowest BCUT2D eigenvalue weighted by molar-refractivity contribution is -0.130. The lowest BCUT2D eigenvalue weighted by Gasteiger charge is -2.25. The van der Waals surface area contributed by atoms with Gasteiger partial charge < -0.3 is 10.2 Å². The number of halogens is 3. The van der Waals surface area contributed by atoms with Crippen molar-refractivity contribution in [2.24, 2.45) is 0 Å². The molecule has 1 atom stereocenters. The van der Waals surface area contributed by atoms with Gasteiger partial charge in [0.05, 0.1) is 12.6 Å². The highest BCUT2D eigenvalue weighted by Crippen LogP contribution is 2.20. The molecule has 2 amide bonds. The van der Waals surface area contributed by atoms with Crippen molar-refractivity contribution in [3.05, 3.63) is 71.0 Å². The first-order chi connectivity index (χ1) is 11.8. The zero-order chi connectivity index (χ0) is 18.6. The summed E-state index contributed by atoms with van der Waals surface area (Å²) in [4.78, 5) is 25.4. The Labute approximate surface area is 143 Å². The summed E-state index contributed by atoms with van der Waals surface area (Å²) in [6.45, 7) is 1.35. The van der Waals surface area contributed by atoms with Gasteiger partial charge in [0.2, 0.25) is 5.91 Å². The van der Waals surface area contributed by atoms with E-state index >= 15 is 0 Å². The van der Waals surface area contributed by atoms with Crippen molar-refractivity contribution >= 4 is 11.8 Å². The summed E-state index contributed by atoms with van der Waals surface area (Å²) < 4.78 is 39.4. The van der Waals surface area contributed by atoms with Gasteiger partial charge in [-0.15, -0.1) is 0 Å². The van der Waals surface area contributed by atoms with Crippen LogP contribution in [0.2, 0.25) is 0 Å². The highest BCUT2D eigenvalue weighted by atomic mass is 19.2. The van der Waals surface area contributed by atoms with Crippen molar-refractivity contribution in [1.29, 1.82) is 0 Å². The van der Waals surface area contributed by atoms with Crippen molar-refractivity contribution < 1.29 is 22.8 Å². The van der Waals surface area contributed by atoms with Crippen LogP contribution >= 0.6 is 0 Å². The molecule has 2 aromatic rings. The Morgan fingerprint density at radius 2 is 1.80 bits per heavy atom. The molecule has 0 saturated heterocycles. The maximum absolute atomic E-state index is 13.3.